The van der Waals surface area contributed by atoms with E-state index in [2.05, 4.69) is 30.2 Å². The third-order valence-corrected chi connectivity index (χ3v) is 3.38. The fourth-order valence-corrected chi connectivity index (χ4v) is 2.35. The summed E-state index contributed by atoms with van der Waals surface area (Å²) < 4.78 is 10.7. The summed E-state index contributed by atoms with van der Waals surface area (Å²) in [5, 5.41) is 3.47. The van der Waals surface area contributed by atoms with Crippen LogP contribution in [-0.4, -0.2) is 25.7 Å². The summed E-state index contributed by atoms with van der Waals surface area (Å²) in [6.45, 7) is 5.01. The summed E-state index contributed by atoms with van der Waals surface area (Å²) >= 11 is 0. The molecule has 1 aromatic heterocycles. The molecular formula is C17H22N2O2. The molecule has 0 fully saturated rings. The number of pyridine rings is 1. The molecule has 0 bridgehead atoms. The van der Waals surface area contributed by atoms with Crippen LogP contribution in [0.15, 0.2) is 36.5 Å². The van der Waals surface area contributed by atoms with Gasteiger partial charge in [0.25, 0.3) is 0 Å². The number of nitrogens with zero attached hydrogens (tertiary/aromatic N) is 1. The van der Waals surface area contributed by atoms with Gasteiger partial charge in [0.2, 0.25) is 0 Å². The van der Waals surface area contributed by atoms with Crippen molar-refractivity contribution in [2.45, 2.75) is 19.9 Å². The largest absolute Gasteiger partial charge is 0.493 e. The Balaban J connectivity index is 2.43. The van der Waals surface area contributed by atoms with Gasteiger partial charge in [0.05, 0.1) is 26.0 Å². The minimum absolute atomic E-state index is 0.0368. The Bertz CT molecular complexity index is 599. The molecule has 1 aromatic carbocycles. The van der Waals surface area contributed by atoms with Crippen LogP contribution in [0.5, 0.6) is 11.5 Å². The van der Waals surface area contributed by atoms with Crippen molar-refractivity contribution in [3.05, 3.63) is 53.3 Å². The maximum absolute atomic E-state index is 5.39. The molecule has 4 nitrogen and oxygen atoms in total. The van der Waals surface area contributed by atoms with Gasteiger partial charge in [0, 0.05) is 6.20 Å². The van der Waals surface area contributed by atoms with Gasteiger partial charge in [-0.05, 0) is 48.9 Å². The molecule has 1 unspecified atom stereocenters. The maximum Gasteiger partial charge on any atom is 0.161 e. The molecule has 1 atom stereocenters. The van der Waals surface area contributed by atoms with Gasteiger partial charge in [0.1, 0.15) is 0 Å². The van der Waals surface area contributed by atoms with Crippen molar-refractivity contribution in [2.24, 2.45) is 0 Å². The zero-order chi connectivity index (χ0) is 15.2. The predicted molar refractivity (Wildman–Crippen MR) is 84.0 cm³/mol. The molecule has 0 saturated heterocycles. The highest BCUT2D eigenvalue weighted by Gasteiger charge is 2.16. The second kappa shape index (κ2) is 7.09. The number of rotatable bonds is 6. The van der Waals surface area contributed by atoms with Crippen molar-refractivity contribution >= 4 is 0 Å². The molecule has 1 heterocycles. The molecule has 0 spiro atoms. The molecule has 0 radical (unpaired) electrons. The minimum atomic E-state index is 0.0368. The smallest absolute Gasteiger partial charge is 0.161 e. The van der Waals surface area contributed by atoms with E-state index in [1.165, 1.54) is 5.56 Å². The average Bonchev–Trinajstić information content (AvgIpc) is 2.52. The van der Waals surface area contributed by atoms with E-state index in [-0.39, 0.29) is 6.04 Å². The summed E-state index contributed by atoms with van der Waals surface area (Å²) in [6, 6.07) is 10.1. The van der Waals surface area contributed by atoms with Crippen molar-refractivity contribution in [3.8, 4) is 11.5 Å². The number of aromatic nitrogens is 1. The third-order valence-electron chi connectivity index (χ3n) is 3.38. The zero-order valence-corrected chi connectivity index (χ0v) is 13.0. The van der Waals surface area contributed by atoms with Gasteiger partial charge in [-0.15, -0.1) is 0 Å². The Morgan fingerprint density at radius 2 is 1.86 bits per heavy atom. The van der Waals surface area contributed by atoms with Crippen LogP contribution in [0.4, 0.5) is 0 Å². The average molecular weight is 286 g/mol. The van der Waals surface area contributed by atoms with E-state index < -0.39 is 0 Å². The Morgan fingerprint density at radius 1 is 1.10 bits per heavy atom. The monoisotopic (exact) mass is 286 g/mol. The fourth-order valence-electron chi connectivity index (χ4n) is 2.35. The van der Waals surface area contributed by atoms with Crippen LogP contribution in [0.1, 0.15) is 29.8 Å². The molecule has 2 rings (SSSR count). The molecule has 0 aliphatic heterocycles. The number of ether oxygens (including phenoxy) is 2. The molecule has 21 heavy (non-hydrogen) atoms. The van der Waals surface area contributed by atoms with Crippen molar-refractivity contribution in [1.29, 1.82) is 0 Å². The number of nitrogens with one attached hydrogen (secondary N) is 1. The SMILES string of the molecule is CCNC(c1ccc(OC)c(OC)c1)c1cc(C)ccn1. The van der Waals surface area contributed by atoms with Crippen molar-refractivity contribution < 1.29 is 9.47 Å². The second-order valence-corrected chi connectivity index (χ2v) is 4.86. The van der Waals surface area contributed by atoms with Gasteiger partial charge >= 0.3 is 0 Å². The van der Waals surface area contributed by atoms with E-state index in [0.717, 1.165) is 29.3 Å². The van der Waals surface area contributed by atoms with E-state index in [4.69, 9.17) is 9.47 Å². The van der Waals surface area contributed by atoms with Crippen LogP contribution in [0.25, 0.3) is 0 Å². The Morgan fingerprint density at radius 3 is 2.48 bits per heavy atom. The van der Waals surface area contributed by atoms with Crippen molar-refractivity contribution in [1.82, 2.24) is 10.3 Å². The minimum Gasteiger partial charge on any atom is -0.493 e. The van der Waals surface area contributed by atoms with Gasteiger partial charge in [-0.3, -0.25) is 4.98 Å². The summed E-state index contributed by atoms with van der Waals surface area (Å²) in [5.41, 5.74) is 3.31. The van der Waals surface area contributed by atoms with Crippen LogP contribution < -0.4 is 14.8 Å². The van der Waals surface area contributed by atoms with Gasteiger partial charge in [-0.2, -0.15) is 0 Å². The topological polar surface area (TPSA) is 43.4 Å². The molecule has 2 aromatic rings. The molecule has 112 valence electrons. The Labute approximate surface area is 126 Å². The normalized spacial score (nSPS) is 12.0. The highest BCUT2D eigenvalue weighted by molar-refractivity contribution is 5.45. The highest BCUT2D eigenvalue weighted by Crippen LogP contribution is 2.31. The lowest BCUT2D eigenvalue weighted by atomic mass is 10.0. The van der Waals surface area contributed by atoms with E-state index in [1.54, 1.807) is 14.2 Å². The van der Waals surface area contributed by atoms with Crippen LogP contribution in [0.2, 0.25) is 0 Å². The van der Waals surface area contributed by atoms with E-state index in [0.29, 0.717) is 0 Å². The molecule has 4 heteroatoms. The first kappa shape index (κ1) is 15.3. The van der Waals surface area contributed by atoms with E-state index >= 15 is 0 Å². The number of benzene rings is 1. The van der Waals surface area contributed by atoms with E-state index in [9.17, 15) is 0 Å². The standard InChI is InChI=1S/C17H22N2O2/c1-5-18-17(14-10-12(2)8-9-19-14)13-6-7-15(20-3)16(11-13)21-4/h6-11,17-18H,5H2,1-4H3. The quantitative estimate of drug-likeness (QED) is 0.886. The molecule has 0 saturated carbocycles. The lowest BCUT2D eigenvalue weighted by Crippen LogP contribution is -2.23. The molecule has 0 aliphatic carbocycles. The Hall–Kier alpha value is -2.07. The van der Waals surface area contributed by atoms with E-state index in [1.807, 2.05) is 30.5 Å². The lowest BCUT2D eigenvalue weighted by Gasteiger charge is -2.19. The number of aryl methyl sites for hydroxylation is 1. The maximum atomic E-state index is 5.39. The van der Waals surface area contributed by atoms with Gasteiger partial charge in [-0.25, -0.2) is 0 Å². The van der Waals surface area contributed by atoms with Crippen LogP contribution in [-0.2, 0) is 0 Å². The van der Waals surface area contributed by atoms with Crippen LogP contribution >= 0.6 is 0 Å². The summed E-state index contributed by atoms with van der Waals surface area (Å²) in [7, 11) is 3.29. The predicted octanol–water partition coefficient (Wildman–Crippen LogP) is 3.11. The molecule has 0 aliphatic rings. The molecule has 0 amide bonds. The first-order valence-electron chi connectivity index (χ1n) is 7.07. The summed E-state index contributed by atoms with van der Waals surface area (Å²) in [6.07, 6.45) is 1.84. The zero-order valence-electron chi connectivity index (χ0n) is 13.0. The highest BCUT2D eigenvalue weighted by atomic mass is 16.5. The first-order valence-corrected chi connectivity index (χ1v) is 7.07. The summed E-state index contributed by atoms with van der Waals surface area (Å²) in [4.78, 5) is 4.50. The van der Waals surface area contributed by atoms with Crippen LogP contribution in [0, 0.1) is 6.92 Å². The summed E-state index contributed by atoms with van der Waals surface area (Å²) in [5.74, 6) is 1.46. The van der Waals surface area contributed by atoms with Crippen LogP contribution in [0.3, 0.4) is 0 Å². The fraction of sp³-hybridized carbons (Fsp3) is 0.353. The number of methoxy groups -OCH3 is 2. The van der Waals surface area contributed by atoms with Gasteiger partial charge in [0.15, 0.2) is 11.5 Å². The Kier molecular flexibility index (Phi) is 5.17. The number of hydrogen-bond donors (Lipinski definition) is 1. The van der Waals surface area contributed by atoms with Gasteiger partial charge < -0.3 is 14.8 Å². The molecular weight excluding hydrogens is 264 g/mol. The van der Waals surface area contributed by atoms with Crippen molar-refractivity contribution in [3.63, 3.8) is 0 Å². The second-order valence-electron chi connectivity index (χ2n) is 4.86. The first-order chi connectivity index (χ1) is 10.2. The third kappa shape index (κ3) is 3.52. The lowest BCUT2D eigenvalue weighted by molar-refractivity contribution is 0.354. The van der Waals surface area contributed by atoms with Crippen molar-refractivity contribution in [2.75, 3.05) is 20.8 Å². The molecule has 1 N–H and O–H groups in total. The number of hydrogen-bond acceptors (Lipinski definition) is 4. The van der Waals surface area contributed by atoms with Gasteiger partial charge in [-0.1, -0.05) is 13.0 Å².